The molecular formula is C12H8FNO2. The van der Waals surface area contributed by atoms with Gasteiger partial charge in [0.15, 0.2) is 0 Å². The van der Waals surface area contributed by atoms with Crippen molar-refractivity contribution in [3.05, 3.63) is 54.1 Å². The highest BCUT2D eigenvalue weighted by molar-refractivity contribution is 5.89. The maximum atomic E-state index is 13.5. The van der Waals surface area contributed by atoms with Crippen LogP contribution in [0, 0.1) is 5.82 Å². The molecule has 0 spiro atoms. The molecule has 1 aromatic carbocycles. The number of pyridine rings is 1. The number of benzene rings is 1. The van der Waals surface area contributed by atoms with Crippen LogP contribution in [0.2, 0.25) is 0 Å². The van der Waals surface area contributed by atoms with Crippen molar-refractivity contribution in [2.24, 2.45) is 0 Å². The molecule has 80 valence electrons. The molecule has 0 aliphatic heterocycles. The Morgan fingerprint density at radius 3 is 2.50 bits per heavy atom. The molecule has 0 atom stereocenters. The second kappa shape index (κ2) is 4.10. The lowest BCUT2D eigenvalue weighted by Crippen LogP contribution is -1.97. The van der Waals surface area contributed by atoms with Crippen LogP contribution >= 0.6 is 0 Å². The molecule has 0 aliphatic carbocycles. The summed E-state index contributed by atoms with van der Waals surface area (Å²) in [6.07, 6.45) is 3.06. The number of hydrogen-bond acceptors (Lipinski definition) is 2. The number of aromatic carboxylic acids is 1. The Balaban J connectivity index is 2.56. The molecule has 0 bridgehead atoms. The molecule has 1 aromatic heterocycles. The Kier molecular flexibility index (Phi) is 2.64. The van der Waals surface area contributed by atoms with Crippen LogP contribution < -0.4 is 0 Å². The van der Waals surface area contributed by atoms with Crippen molar-refractivity contribution in [3.8, 4) is 11.1 Å². The zero-order valence-corrected chi connectivity index (χ0v) is 8.22. The molecule has 16 heavy (non-hydrogen) atoms. The first-order valence-corrected chi connectivity index (χ1v) is 4.62. The van der Waals surface area contributed by atoms with Crippen molar-refractivity contribution in [2.45, 2.75) is 0 Å². The Bertz CT molecular complexity index is 526. The summed E-state index contributed by atoms with van der Waals surface area (Å²) >= 11 is 0. The van der Waals surface area contributed by atoms with E-state index in [2.05, 4.69) is 4.98 Å². The van der Waals surface area contributed by atoms with E-state index in [4.69, 9.17) is 5.11 Å². The van der Waals surface area contributed by atoms with Gasteiger partial charge in [-0.3, -0.25) is 4.98 Å². The van der Waals surface area contributed by atoms with Gasteiger partial charge in [0.05, 0.1) is 5.56 Å². The Hall–Kier alpha value is -2.23. The minimum Gasteiger partial charge on any atom is -0.478 e. The van der Waals surface area contributed by atoms with E-state index >= 15 is 0 Å². The van der Waals surface area contributed by atoms with E-state index in [-0.39, 0.29) is 11.1 Å². The molecule has 1 N–H and O–H groups in total. The Morgan fingerprint density at radius 2 is 1.88 bits per heavy atom. The lowest BCUT2D eigenvalue weighted by Gasteiger charge is -2.04. The lowest BCUT2D eigenvalue weighted by molar-refractivity contribution is 0.0697. The smallest absolute Gasteiger partial charge is 0.335 e. The Labute approximate surface area is 91.2 Å². The maximum absolute atomic E-state index is 13.5. The third-order valence-corrected chi connectivity index (χ3v) is 2.20. The zero-order chi connectivity index (χ0) is 11.5. The first-order chi connectivity index (χ1) is 7.68. The van der Waals surface area contributed by atoms with Gasteiger partial charge in [0.25, 0.3) is 0 Å². The third-order valence-electron chi connectivity index (χ3n) is 2.20. The number of carboxylic acid groups (broad SMARTS) is 1. The van der Waals surface area contributed by atoms with Gasteiger partial charge in [-0.1, -0.05) is 0 Å². The van der Waals surface area contributed by atoms with Gasteiger partial charge in [0, 0.05) is 18.0 Å². The number of carbonyl (C=O) groups is 1. The highest BCUT2D eigenvalue weighted by atomic mass is 19.1. The molecule has 2 rings (SSSR count). The van der Waals surface area contributed by atoms with Gasteiger partial charge < -0.3 is 5.11 Å². The first-order valence-electron chi connectivity index (χ1n) is 4.62. The van der Waals surface area contributed by atoms with Gasteiger partial charge in [-0.2, -0.15) is 0 Å². The Morgan fingerprint density at radius 1 is 1.19 bits per heavy atom. The standard InChI is InChI=1S/C12H8FNO2/c13-11-2-1-9(12(15)16)7-10(11)8-3-5-14-6-4-8/h1-7H,(H,15,16). The average Bonchev–Trinajstić information content (AvgIpc) is 2.30. The maximum Gasteiger partial charge on any atom is 0.335 e. The number of hydrogen-bond donors (Lipinski definition) is 1. The van der Waals surface area contributed by atoms with E-state index < -0.39 is 11.8 Å². The number of rotatable bonds is 2. The van der Waals surface area contributed by atoms with Crippen LogP contribution in [0.25, 0.3) is 11.1 Å². The summed E-state index contributed by atoms with van der Waals surface area (Å²) in [5.41, 5.74) is 0.936. The molecule has 0 saturated heterocycles. The summed E-state index contributed by atoms with van der Waals surface area (Å²) in [6.45, 7) is 0. The lowest BCUT2D eigenvalue weighted by atomic mass is 10.0. The fourth-order valence-corrected chi connectivity index (χ4v) is 1.41. The summed E-state index contributed by atoms with van der Waals surface area (Å²) < 4.78 is 13.5. The molecule has 1 heterocycles. The number of carboxylic acids is 1. The summed E-state index contributed by atoms with van der Waals surface area (Å²) in [7, 11) is 0. The summed E-state index contributed by atoms with van der Waals surface area (Å²) in [5, 5.41) is 8.81. The predicted octanol–water partition coefficient (Wildman–Crippen LogP) is 2.59. The fourth-order valence-electron chi connectivity index (χ4n) is 1.41. The van der Waals surface area contributed by atoms with Crippen LogP contribution in [0.3, 0.4) is 0 Å². The minimum atomic E-state index is -1.07. The topological polar surface area (TPSA) is 50.2 Å². The number of aromatic nitrogens is 1. The molecule has 0 radical (unpaired) electrons. The number of nitrogens with zero attached hydrogens (tertiary/aromatic N) is 1. The predicted molar refractivity (Wildman–Crippen MR) is 56.6 cm³/mol. The van der Waals surface area contributed by atoms with Crippen LogP contribution in [0.1, 0.15) is 10.4 Å². The van der Waals surface area contributed by atoms with Crippen molar-refractivity contribution in [2.75, 3.05) is 0 Å². The average molecular weight is 217 g/mol. The van der Waals surface area contributed by atoms with Crippen LogP contribution in [0.15, 0.2) is 42.7 Å². The van der Waals surface area contributed by atoms with Gasteiger partial charge in [-0.05, 0) is 35.9 Å². The summed E-state index contributed by atoms with van der Waals surface area (Å²) in [4.78, 5) is 14.6. The molecule has 2 aromatic rings. The van der Waals surface area contributed by atoms with E-state index in [1.165, 1.54) is 24.5 Å². The third kappa shape index (κ3) is 1.91. The normalized spacial score (nSPS) is 10.1. The van der Waals surface area contributed by atoms with E-state index in [1.807, 2.05) is 0 Å². The molecule has 3 nitrogen and oxygen atoms in total. The second-order valence-corrected chi connectivity index (χ2v) is 3.24. The van der Waals surface area contributed by atoms with E-state index in [0.717, 1.165) is 6.07 Å². The van der Waals surface area contributed by atoms with Gasteiger partial charge in [0.1, 0.15) is 5.82 Å². The highest BCUT2D eigenvalue weighted by Gasteiger charge is 2.09. The second-order valence-electron chi connectivity index (χ2n) is 3.24. The van der Waals surface area contributed by atoms with E-state index in [9.17, 15) is 9.18 Å². The van der Waals surface area contributed by atoms with Crippen LogP contribution in [0.5, 0.6) is 0 Å². The van der Waals surface area contributed by atoms with Gasteiger partial charge in [-0.15, -0.1) is 0 Å². The van der Waals surface area contributed by atoms with Crippen molar-refractivity contribution >= 4 is 5.97 Å². The highest BCUT2D eigenvalue weighted by Crippen LogP contribution is 2.23. The minimum absolute atomic E-state index is 0.0632. The van der Waals surface area contributed by atoms with Gasteiger partial charge in [-0.25, -0.2) is 9.18 Å². The quantitative estimate of drug-likeness (QED) is 0.841. The fraction of sp³-hybridized carbons (Fsp3) is 0. The number of halogens is 1. The van der Waals surface area contributed by atoms with Crippen LogP contribution in [-0.4, -0.2) is 16.1 Å². The van der Waals surface area contributed by atoms with Gasteiger partial charge in [0.2, 0.25) is 0 Å². The molecule has 0 aliphatic rings. The van der Waals surface area contributed by atoms with Crippen LogP contribution in [0.4, 0.5) is 4.39 Å². The monoisotopic (exact) mass is 217 g/mol. The molecule has 0 fully saturated rings. The van der Waals surface area contributed by atoms with E-state index in [0.29, 0.717) is 5.56 Å². The van der Waals surface area contributed by atoms with E-state index in [1.54, 1.807) is 12.1 Å². The van der Waals surface area contributed by atoms with Crippen molar-refractivity contribution in [1.82, 2.24) is 4.98 Å². The van der Waals surface area contributed by atoms with Gasteiger partial charge >= 0.3 is 5.97 Å². The molecule has 0 amide bonds. The SMILES string of the molecule is O=C(O)c1ccc(F)c(-c2ccncc2)c1. The van der Waals surface area contributed by atoms with Crippen molar-refractivity contribution in [3.63, 3.8) is 0 Å². The van der Waals surface area contributed by atoms with Crippen LogP contribution in [-0.2, 0) is 0 Å². The molecule has 0 unspecified atom stereocenters. The summed E-state index contributed by atoms with van der Waals surface area (Å²) in [5.74, 6) is -1.52. The van der Waals surface area contributed by atoms with Crippen molar-refractivity contribution in [1.29, 1.82) is 0 Å². The zero-order valence-electron chi connectivity index (χ0n) is 8.22. The first kappa shape index (κ1) is 10.3. The van der Waals surface area contributed by atoms with Crippen molar-refractivity contribution < 1.29 is 14.3 Å². The summed E-state index contributed by atoms with van der Waals surface area (Å²) in [6, 6.07) is 6.96. The molecular weight excluding hydrogens is 209 g/mol. The molecule has 0 saturated carbocycles. The largest absolute Gasteiger partial charge is 0.478 e. The molecule has 4 heteroatoms.